The summed E-state index contributed by atoms with van der Waals surface area (Å²) in [6.45, 7) is 1.73. The molecule has 1 fully saturated rings. The first kappa shape index (κ1) is 14.8. The summed E-state index contributed by atoms with van der Waals surface area (Å²) in [6.07, 6.45) is 1.99. The fourth-order valence-corrected chi connectivity index (χ4v) is 2.63. The van der Waals surface area contributed by atoms with Crippen LogP contribution in [0.4, 0.5) is 0 Å². The summed E-state index contributed by atoms with van der Waals surface area (Å²) in [5, 5.41) is 21.7. The highest BCUT2D eigenvalue weighted by molar-refractivity contribution is 5.45. The third-order valence-electron chi connectivity index (χ3n) is 4.25. The molecule has 2 aromatic rings. The summed E-state index contributed by atoms with van der Waals surface area (Å²) in [7, 11) is 0. The van der Waals surface area contributed by atoms with Gasteiger partial charge in [0.2, 0.25) is 0 Å². The molecule has 0 bridgehead atoms. The molecule has 0 amide bonds. The molecule has 0 saturated heterocycles. The lowest BCUT2D eigenvalue weighted by atomic mass is 9.86. The van der Waals surface area contributed by atoms with Crippen LogP contribution in [0.1, 0.15) is 30.9 Å². The van der Waals surface area contributed by atoms with Crippen molar-refractivity contribution in [2.24, 2.45) is 5.92 Å². The SMILES string of the molecule is C[C@](O)(C#CC(O)(c1ccccc1)c1ccccc1)C1CC1. The lowest BCUT2D eigenvalue weighted by Crippen LogP contribution is -2.29. The Morgan fingerprint density at radius 3 is 1.68 bits per heavy atom. The smallest absolute Gasteiger partial charge is 0.176 e. The van der Waals surface area contributed by atoms with Crippen molar-refractivity contribution in [1.29, 1.82) is 0 Å². The van der Waals surface area contributed by atoms with E-state index in [-0.39, 0.29) is 5.92 Å². The molecule has 1 aliphatic rings. The van der Waals surface area contributed by atoms with Crippen molar-refractivity contribution in [2.75, 3.05) is 0 Å². The predicted octanol–water partition coefficient (Wildman–Crippen LogP) is 3.09. The first-order chi connectivity index (χ1) is 10.5. The maximum Gasteiger partial charge on any atom is 0.176 e. The van der Waals surface area contributed by atoms with Gasteiger partial charge in [-0.3, -0.25) is 0 Å². The number of benzene rings is 2. The van der Waals surface area contributed by atoms with Gasteiger partial charge < -0.3 is 10.2 Å². The van der Waals surface area contributed by atoms with Crippen LogP contribution in [-0.2, 0) is 5.60 Å². The fraction of sp³-hybridized carbons (Fsp3) is 0.300. The first-order valence-electron chi connectivity index (χ1n) is 7.62. The van der Waals surface area contributed by atoms with Gasteiger partial charge in [-0.2, -0.15) is 0 Å². The Kier molecular flexibility index (Phi) is 3.78. The van der Waals surface area contributed by atoms with Gasteiger partial charge in [0.1, 0.15) is 5.60 Å². The Balaban J connectivity index is 2.06. The molecule has 0 radical (unpaired) electrons. The average molecular weight is 292 g/mol. The fourth-order valence-electron chi connectivity index (χ4n) is 2.63. The third-order valence-corrected chi connectivity index (χ3v) is 4.25. The lowest BCUT2D eigenvalue weighted by molar-refractivity contribution is 0.0952. The van der Waals surface area contributed by atoms with Gasteiger partial charge >= 0.3 is 0 Å². The summed E-state index contributed by atoms with van der Waals surface area (Å²) < 4.78 is 0. The number of rotatable bonds is 3. The van der Waals surface area contributed by atoms with E-state index in [9.17, 15) is 10.2 Å². The minimum Gasteiger partial charge on any atom is -0.378 e. The number of hydrogen-bond acceptors (Lipinski definition) is 2. The minimum atomic E-state index is -1.42. The van der Waals surface area contributed by atoms with Crippen molar-refractivity contribution >= 4 is 0 Å². The molecule has 1 aliphatic carbocycles. The van der Waals surface area contributed by atoms with Crippen LogP contribution in [0.3, 0.4) is 0 Å². The lowest BCUT2D eigenvalue weighted by Gasteiger charge is -2.25. The second-order valence-electron chi connectivity index (χ2n) is 6.11. The molecule has 2 aromatic carbocycles. The first-order valence-corrected chi connectivity index (χ1v) is 7.62. The summed E-state index contributed by atoms with van der Waals surface area (Å²) in [5.41, 5.74) is -1.04. The van der Waals surface area contributed by atoms with Crippen LogP contribution in [0.25, 0.3) is 0 Å². The van der Waals surface area contributed by atoms with E-state index in [1.807, 2.05) is 60.7 Å². The molecule has 0 unspecified atom stereocenters. The molecular weight excluding hydrogens is 272 g/mol. The summed E-state index contributed by atoms with van der Waals surface area (Å²) in [5.74, 6) is 6.08. The van der Waals surface area contributed by atoms with Gasteiger partial charge in [-0.15, -0.1) is 0 Å². The molecule has 0 aliphatic heterocycles. The Morgan fingerprint density at radius 2 is 1.27 bits per heavy atom. The molecule has 2 nitrogen and oxygen atoms in total. The van der Waals surface area contributed by atoms with Crippen LogP contribution in [-0.4, -0.2) is 15.8 Å². The molecule has 1 atom stereocenters. The minimum absolute atomic E-state index is 0.218. The monoisotopic (exact) mass is 292 g/mol. The maximum absolute atomic E-state index is 11.2. The highest BCUT2D eigenvalue weighted by atomic mass is 16.3. The predicted molar refractivity (Wildman–Crippen MR) is 87.0 cm³/mol. The summed E-state index contributed by atoms with van der Waals surface area (Å²) in [6, 6.07) is 18.7. The van der Waals surface area contributed by atoms with E-state index in [1.54, 1.807) is 6.92 Å². The summed E-state index contributed by atoms with van der Waals surface area (Å²) in [4.78, 5) is 0. The van der Waals surface area contributed by atoms with Gasteiger partial charge in [-0.1, -0.05) is 72.5 Å². The van der Waals surface area contributed by atoms with Crippen molar-refractivity contribution < 1.29 is 10.2 Å². The standard InChI is InChI=1S/C20H20O2/c1-19(21,16-12-13-16)14-15-20(22,17-8-4-2-5-9-17)18-10-6-3-7-11-18/h2-11,16,21-22H,12-13H2,1H3/t19-/m0/s1. The molecule has 112 valence electrons. The largest absolute Gasteiger partial charge is 0.378 e. The highest BCUT2D eigenvalue weighted by Gasteiger charge is 2.39. The Morgan fingerprint density at radius 1 is 0.818 bits per heavy atom. The molecule has 0 aromatic heterocycles. The molecule has 2 heteroatoms. The average Bonchev–Trinajstić information content (AvgIpc) is 3.40. The van der Waals surface area contributed by atoms with Gasteiger partial charge in [0.05, 0.1) is 0 Å². The van der Waals surface area contributed by atoms with Gasteiger partial charge in [0.15, 0.2) is 5.60 Å². The van der Waals surface area contributed by atoms with E-state index in [2.05, 4.69) is 11.8 Å². The molecule has 0 heterocycles. The molecule has 0 spiro atoms. The summed E-state index contributed by atoms with van der Waals surface area (Å²) >= 11 is 0. The highest BCUT2D eigenvalue weighted by Crippen LogP contribution is 2.39. The Hall–Kier alpha value is -2.08. The maximum atomic E-state index is 11.2. The van der Waals surface area contributed by atoms with Crippen LogP contribution >= 0.6 is 0 Å². The van der Waals surface area contributed by atoms with E-state index in [0.717, 1.165) is 12.8 Å². The quantitative estimate of drug-likeness (QED) is 0.854. The van der Waals surface area contributed by atoms with Crippen molar-refractivity contribution in [3.05, 3.63) is 71.8 Å². The molecule has 2 N–H and O–H groups in total. The Bertz CT molecular complexity index is 649. The normalized spacial score (nSPS) is 17.2. The zero-order valence-corrected chi connectivity index (χ0v) is 12.7. The second kappa shape index (κ2) is 5.61. The topological polar surface area (TPSA) is 40.5 Å². The van der Waals surface area contributed by atoms with Gasteiger partial charge in [-0.25, -0.2) is 0 Å². The van der Waals surface area contributed by atoms with Gasteiger partial charge in [0, 0.05) is 11.1 Å². The zero-order chi connectivity index (χ0) is 15.6. The van der Waals surface area contributed by atoms with Crippen molar-refractivity contribution in [2.45, 2.75) is 31.0 Å². The van der Waals surface area contributed by atoms with Crippen LogP contribution < -0.4 is 0 Å². The number of aliphatic hydroxyl groups is 2. The van der Waals surface area contributed by atoms with E-state index >= 15 is 0 Å². The zero-order valence-electron chi connectivity index (χ0n) is 12.7. The van der Waals surface area contributed by atoms with Crippen LogP contribution in [0.2, 0.25) is 0 Å². The second-order valence-corrected chi connectivity index (χ2v) is 6.11. The van der Waals surface area contributed by atoms with Crippen molar-refractivity contribution in [1.82, 2.24) is 0 Å². The van der Waals surface area contributed by atoms with Gasteiger partial charge in [0.25, 0.3) is 0 Å². The molecule has 1 saturated carbocycles. The molecule has 22 heavy (non-hydrogen) atoms. The van der Waals surface area contributed by atoms with E-state index in [4.69, 9.17) is 0 Å². The third kappa shape index (κ3) is 2.92. The Labute approximate surface area is 131 Å². The van der Waals surface area contributed by atoms with Crippen molar-refractivity contribution in [3.8, 4) is 11.8 Å². The van der Waals surface area contributed by atoms with Crippen LogP contribution in [0.15, 0.2) is 60.7 Å². The van der Waals surface area contributed by atoms with Crippen LogP contribution in [0.5, 0.6) is 0 Å². The van der Waals surface area contributed by atoms with E-state index in [0.29, 0.717) is 11.1 Å². The van der Waals surface area contributed by atoms with Crippen LogP contribution in [0, 0.1) is 17.8 Å². The molecule has 3 rings (SSSR count). The van der Waals surface area contributed by atoms with Crippen molar-refractivity contribution in [3.63, 3.8) is 0 Å². The van der Waals surface area contributed by atoms with E-state index < -0.39 is 11.2 Å². The van der Waals surface area contributed by atoms with Gasteiger partial charge in [-0.05, 0) is 25.7 Å². The van der Waals surface area contributed by atoms with E-state index in [1.165, 1.54) is 0 Å². The molecular formula is C20H20O2. The number of hydrogen-bond donors (Lipinski definition) is 2.